The molecule has 1 fully saturated rings. The Balaban J connectivity index is 1.29. The number of aromatic nitrogens is 3. The van der Waals surface area contributed by atoms with Gasteiger partial charge in [-0.05, 0) is 49.4 Å². The van der Waals surface area contributed by atoms with E-state index in [1.807, 2.05) is 30.3 Å². The van der Waals surface area contributed by atoms with Crippen molar-refractivity contribution in [2.45, 2.75) is 6.42 Å². The molecule has 1 aliphatic rings. The molecule has 2 aromatic heterocycles. The molecule has 3 aromatic rings. The fourth-order valence-corrected chi connectivity index (χ4v) is 3.37. The zero-order valence-electron chi connectivity index (χ0n) is 17.8. The number of nitrogens with one attached hydrogen (secondary N) is 3. The maximum Gasteiger partial charge on any atom is 0.255 e. The second-order valence-corrected chi connectivity index (χ2v) is 7.40. The number of amides is 1. The maximum atomic E-state index is 12.4. The topological polar surface area (TPSA) is 104 Å². The number of carbonyl (C=O) groups excluding carboxylic acids is 1. The lowest BCUT2D eigenvalue weighted by Gasteiger charge is -2.26. The lowest BCUT2D eigenvalue weighted by atomic mass is 10.2. The van der Waals surface area contributed by atoms with E-state index in [0.29, 0.717) is 17.2 Å². The molecule has 3 N–H and O–H groups in total. The molecule has 3 heterocycles. The van der Waals surface area contributed by atoms with Crippen molar-refractivity contribution in [3.63, 3.8) is 0 Å². The minimum atomic E-state index is -0.191. The van der Waals surface area contributed by atoms with Crippen LogP contribution in [0, 0.1) is 0 Å². The minimum Gasteiger partial charge on any atom is -0.379 e. The average Bonchev–Trinajstić information content (AvgIpc) is 2.84. The molecule has 166 valence electrons. The molecule has 0 spiro atoms. The van der Waals surface area contributed by atoms with Crippen LogP contribution >= 0.6 is 0 Å². The molecular formula is C23H27N7O2. The summed E-state index contributed by atoms with van der Waals surface area (Å²) in [6.45, 7) is 5.54. The van der Waals surface area contributed by atoms with Crippen LogP contribution in [-0.2, 0) is 4.74 Å². The van der Waals surface area contributed by atoms with Gasteiger partial charge in [-0.3, -0.25) is 14.7 Å². The molecule has 32 heavy (non-hydrogen) atoms. The van der Waals surface area contributed by atoms with Crippen LogP contribution in [0.5, 0.6) is 0 Å². The Kier molecular flexibility index (Phi) is 7.56. The number of benzene rings is 1. The molecular weight excluding hydrogens is 406 g/mol. The highest BCUT2D eigenvalue weighted by molar-refractivity contribution is 6.04. The maximum absolute atomic E-state index is 12.4. The van der Waals surface area contributed by atoms with Crippen LogP contribution in [0.15, 0.2) is 61.1 Å². The van der Waals surface area contributed by atoms with E-state index >= 15 is 0 Å². The molecule has 0 bridgehead atoms. The van der Waals surface area contributed by atoms with E-state index in [2.05, 4.69) is 35.8 Å². The Morgan fingerprint density at radius 3 is 2.69 bits per heavy atom. The highest BCUT2D eigenvalue weighted by atomic mass is 16.5. The van der Waals surface area contributed by atoms with Crippen molar-refractivity contribution < 1.29 is 9.53 Å². The van der Waals surface area contributed by atoms with Gasteiger partial charge in [-0.1, -0.05) is 6.07 Å². The van der Waals surface area contributed by atoms with E-state index in [1.165, 1.54) is 0 Å². The van der Waals surface area contributed by atoms with E-state index in [0.717, 1.165) is 57.3 Å². The summed E-state index contributed by atoms with van der Waals surface area (Å²) in [6.07, 6.45) is 5.93. The van der Waals surface area contributed by atoms with Gasteiger partial charge >= 0.3 is 0 Å². The third-order valence-corrected chi connectivity index (χ3v) is 5.04. The van der Waals surface area contributed by atoms with Crippen LogP contribution in [0.2, 0.25) is 0 Å². The molecule has 1 aliphatic heterocycles. The second kappa shape index (κ2) is 11.2. The van der Waals surface area contributed by atoms with Crippen molar-refractivity contribution >= 4 is 29.0 Å². The van der Waals surface area contributed by atoms with Gasteiger partial charge in [-0.15, -0.1) is 0 Å². The molecule has 0 unspecified atom stereocenters. The zero-order chi connectivity index (χ0) is 22.0. The predicted molar refractivity (Wildman–Crippen MR) is 124 cm³/mol. The van der Waals surface area contributed by atoms with Crippen LogP contribution in [0.1, 0.15) is 16.8 Å². The molecule has 1 aromatic carbocycles. The molecule has 9 nitrogen and oxygen atoms in total. The first-order valence-electron chi connectivity index (χ1n) is 10.7. The molecule has 0 atom stereocenters. The number of rotatable bonds is 9. The van der Waals surface area contributed by atoms with Gasteiger partial charge in [-0.25, -0.2) is 4.98 Å². The van der Waals surface area contributed by atoms with Crippen LogP contribution in [0.3, 0.4) is 0 Å². The lowest BCUT2D eigenvalue weighted by molar-refractivity contribution is 0.0378. The number of carbonyl (C=O) groups is 1. The van der Waals surface area contributed by atoms with Crippen molar-refractivity contribution in [2.75, 3.05) is 55.3 Å². The molecule has 1 saturated heterocycles. The van der Waals surface area contributed by atoms with Gasteiger partial charge in [0.25, 0.3) is 5.91 Å². The van der Waals surface area contributed by atoms with Crippen LogP contribution in [0.4, 0.5) is 23.1 Å². The van der Waals surface area contributed by atoms with Gasteiger partial charge in [0.1, 0.15) is 5.82 Å². The van der Waals surface area contributed by atoms with E-state index in [4.69, 9.17) is 4.74 Å². The van der Waals surface area contributed by atoms with Crippen molar-refractivity contribution in [3.05, 3.63) is 66.6 Å². The highest BCUT2D eigenvalue weighted by Gasteiger charge is 2.09. The number of hydrogen-bond acceptors (Lipinski definition) is 8. The van der Waals surface area contributed by atoms with Crippen molar-refractivity contribution in [1.82, 2.24) is 19.9 Å². The predicted octanol–water partition coefficient (Wildman–Crippen LogP) is 3.00. The monoisotopic (exact) mass is 433 g/mol. The largest absolute Gasteiger partial charge is 0.379 e. The lowest BCUT2D eigenvalue weighted by Crippen LogP contribution is -2.37. The quantitative estimate of drug-likeness (QED) is 0.443. The summed E-state index contributed by atoms with van der Waals surface area (Å²) in [5.41, 5.74) is 2.00. The summed E-state index contributed by atoms with van der Waals surface area (Å²) in [4.78, 5) is 27.5. The third kappa shape index (κ3) is 6.47. The number of pyridine rings is 1. The van der Waals surface area contributed by atoms with E-state index in [1.54, 1.807) is 30.7 Å². The molecule has 9 heteroatoms. The standard InChI is InChI=1S/C23H27N7O2/c31-22(18-5-9-24-10-6-18)27-19-3-1-4-20(17-19)28-23-26-11-7-21(29-23)25-8-2-12-30-13-15-32-16-14-30/h1,3-7,9-11,17H,2,8,12-16H2,(H,27,31)(H2,25,26,28,29). The summed E-state index contributed by atoms with van der Waals surface area (Å²) >= 11 is 0. The molecule has 0 aliphatic carbocycles. The Morgan fingerprint density at radius 1 is 1.03 bits per heavy atom. The molecule has 0 saturated carbocycles. The van der Waals surface area contributed by atoms with Gasteiger partial charge < -0.3 is 20.7 Å². The fourth-order valence-electron chi connectivity index (χ4n) is 3.37. The molecule has 0 radical (unpaired) electrons. The van der Waals surface area contributed by atoms with Crippen LogP contribution in [-0.4, -0.2) is 65.2 Å². The first kappa shape index (κ1) is 21.7. The number of morpholine rings is 1. The summed E-state index contributed by atoms with van der Waals surface area (Å²) in [7, 11) is 0. The number of anilines is 4. The van der Waals surface area contributed by atoms with E-state index in [9.17, 15) is 4.79 Å². The smallest absolute Gasteiger partial charge is 0.255 e. The van der Waals surface area contributed by atoms with Gasteiger partial charge in [0.2, 0.25) is 5.95 Å². The number of nitrogens with zero attached hydrogens (tertiary/aromatic N) is 4. The summed E-state index contributed by atoms with van der Waals surface area (Å²) in [6, 6.07) is 12.6. The molecule has 4 rings (SSSR count). The van der Waals surface area contributed by atoms with Crippen LogP contribution < -0.4 is 16.0 Å². The SMILES string of the molecule is O=C(Nc1cccc(Nc2nccc(NCCCN3CCOCC3)n2)c1)c1ccncc1. The summed E-state index contributed by atoms with van der Waals surface area (Å²) in [5, 5.41) is 9.43. The zero-order valence-corrected chi connectivity index (χ0v) is 17.8. The fraction of sp³-hybridized carbons (Fsp3) is 0.304. The van der Waals surface area contributed by atoms with Crippen LogP contribution in [0.25, 0.3) is 0 Å². The normalized spacial score (nSPS) is 14.0. The first-order valence-corrected chi connectivity index (χ1v) is 10.7. The second-order valence-electron chi connectivity index (χ2n) is 7.40. The van der Waals surface area contributed by atoms with Gasteiger partial charge in [0, 0.05) is 55.2 Å². The Bertz CT molecular complexity index is 1010. The third-order valence-electron chi connectivity index (χ3n) is 5.04. The van der Waals surface area contributed by atoms with Crippen molar-refractivity contribution in [2.24, 2.45) is 0 Å². The molecule has 1 amide bonds. The summed E-state index contributed by atoms with van der Waals surface area (Å²) in [5.74, 6) is 1.07. The minimum absolute atomic E-state index is 0.191. The van der Waals surface area contributed by atoms with Gasteiger partial charge in [-0.2, -0.15) is 4.98 Å². The van der Waals surface area contributed by atoms with Gasteiger partial charge in [0.05, 0.1) is 13.2 Å². The summed E-state index contributed by atoms with van der Waals surface area (Å²) < 4.78 is 5.38. The average molecular weight is 434 g/mol. The Hall–Kier alpha value is -3.56. The van der Waals surface area contributed by atoms with E-state index in [-0.39, 0.29) is 5.91 Å². The number of ether oxygens (including phenoxy) is 1. The van der Waals surface area contributed by atoms with Gasteiger partial charge in [0.15, 0.2) is 0 Å². The number of hydrogen-bond donors (Lipinski definition) is 3. The van der Waals surface area contributed by atoms with E-state index < -0.39 is 0 Å². The highest BCUT2D eigenvalue weighted by Crippen LogP contribution is 2.19. The first-order chi connectivity index (χ1) is 15.8. The van der Waals surface area contributed by atoms with Crippen molar-refractivity contribution in [1.29, 1.82) is 0 Å². The Morgan fingerprint density at radius 2 is 1.84 bits per heavy atom. The van der Waals surface area contributed by atoms with Crippen molar-refractivity contribution in [3.8, 4) is 0 Å². The Labute approximate surface area is 187 Å².